The molecule has 0 amide bonds. The normalized spacial score (nSPS) is 22.2. The van der Waals surface area contributed by atoms with E-state index in [1.165, 1.54) is 0 Å². The zero-order valence-electron chi connectivity index (χ0n) is 13.1. The molecule has 1 saturated heterocycles. The highest BCUT2D eigenvalue weighted by molar-refractivity contribution is 4.95. The van der Waals surface area contributed by atoms with Gasteiger partial charge in [0.25, 0.3) is 0 Å². The third-order valence-electron chi connectivity index (χ3n) is 4.50. The molecule has 6 heteroatoms. The number of nitrogens with one attached hydrogen (secondary N) is 1. The monoisotopic (exact) mass is 295 g/mol. The molecule has 1 aliphatic heterocycles. The van der Waals surface area contributed by atoms with Crippen LogP contribution in [0.25, 0.3) is 0 Å². The van der Waals surface area contributed by atoms with Crippen molar-refractivity contribution in [2.24, 2.45) is 0 Å². The Morgan fingerprint density at radius 2 is 1.80 bits per heavy atom. The van der Waals surface area contributed by atoms with Crippen LogP contribution in [0.1, 0.15) is 33.1 Å². The zero-order chi connectivity index (χ0) is 15.4. The van der Waals surface area contributed by atoms with Gasteiger partial charge in [-0.3, -0.25) is 0 Å². The van der Waals surface area contributed by atoms with Crippen LogP contribution in [0.5, 0.6) is 0 Å². The number of hydrogen-bond acceptors (Lipinski definition) is 3. The van der Waals surface area contributed by atoms with E-state index in [0.29, 0.717) is 6.54 Å². The van der Waals surface area contributed by atoms with Crippen LogP contribution in [0.15, 0.2) is 0 Å². The Bertz CT molecular complexity index is 284. The van der Waals surface area contributed by atoms with Crippen LogP contribution in [0.3, 0.4) is 0 Å². The van der Waals surface area contributed by atoms with E-state index in [4.69, 9.17) is 0 Å². The van der Waals surface area contributed by atoms with Gasteiger partial charge in [-0.05, 0) is 53.5 Å². The maximum atomic E-state index is 12.4. The van der Waals surface area contributed by atoms with Gasteiger partial charge in [-0.25, -0.2) is 0 Å². The van der Waals surface area contributed by atoms with Crippen molar-refractivity contribution < 1.29 is 13.2 Å². The molecule has 0 radical (unpaired) electrons. The summed E-state index contributed by atoms with van der Waals surface area (Å²) in [5.74, 6) is 0. The van der Waals surface area contributed by atoms with Crippen molar-refractivity contribution in [1.82, 2.24) is 15.1 Å². The van der Waals surface area contributed by atoms with Crippen molar-refractivity contribution in [3.8, 4) is 0 Å². The molecule has 0 aromatic carbocycles. The first-order chi connectivity index (χ1) is 9.18. The molecule has 1 aliphatic rings. The largest absolute Gasteiger partial charge is 0.390 e. The number of likely N-dealkylation sites (tertiary alicyclic amines) is 1. The third-order valence-corrected chi connectivity index (χ3v) is 4.50. The fraction of sp³-hybridized carbons (Fsp3) is 1.00. The SMILES string of the molecule is CCN1CCC(CN[C@@H](C)CC(F)(F)F)(N(C)C)CC1. The molecule has 20 heavy (non-hydrogen) atoms. The van der Waals surface area contributed by atoms with E-state index in [9.17, 15) is 13.2 Å². The van der Waals surface area contributed by atoms with Gasteiger partial charge in [-0.15, -0.1) is 0 Å². The quantitative estimate of drug-likeness (QED) is 0.811. The minimum atomic E-state index is -4.09. The maximum Gasteiger partial charge on any atom is 0.390 e. The Morgan fingerprint density at radius 1 is 1.25 bits per heavy atom. The first-order valence-corrected chi connectivity index (χ1v) is 7.38. The molecular weight excluding hydrogens is 267 g/mol. The molecule has 1 fully saturated rings. The van der Waals surface area contributed by atoms with Gasteiger partial charge in [0, 0.05) is 18.1 Å². The number of nitrogens with zero attached hydrogens (tertiary/aromatic N) is 2. The molecule has 1 atom stereocenters. The molecule has 0 unspecified atom stereocenters. The number of piperidine rings is 1. The van der Waals surface area contributed by atoms with Crippen LogP contribution in [0, 0.1) is 0 Å². The van der Waals surface area contributed by atoms with Crippen LogP contribution in [-0.2, 0) is 0 Å². The first-order valence-electron chi connectivity index (χ1n) is 7.38. The summed E-state index contributed by atoms with van der Waals surface area (Å²) in [6.07, 6.45) is -2.86. The molecule has 0 aliphatic carbocycles. The van der Waals surface area contributed by atoms with Gasteiger partial charge in [-0.2, -0.15) is 13.2 Å². The smallest absolute Gasteiger partial charge is 0.312 e. The summed E-state index contributed by atoms with van der Waals surface area (Å²) in [6.45, 7) is 7.45. The van der Waals surface area contributed by atoms with Gasteiger partial charge in [0.2, 0.25) is 0 Å². The van der Waals surface area contributed by atoms with E-state index in [-0.39, 0.29) is 5.54 Å². The summed E-state index contributed by atoms with van der Waals surface area (Å²) in [4.78, 5) is 4.56. The molecule has 120 valence electrons. The summed E-state index contributed by atoms with van der Waals surface area (Å²) in [6, 6.07) is -0.531. The second-order valence-corrected chi connectivity index (χ2v) is 6.15. The van der Waals surface area contributed by atoms with Crippen LogP contribution in [-0.4, -0.2) is 67.8 Å². The summed E-state index contributed by atoms with van der Waals surface area (Å²) in [5, 5.41) is 3.08. The number of rotatable bonds is 6. The summed E-state index contributed by atoms with van der Waals surface area (Å²) >= 11 is 0. The Hall–Kier alpha value is -0.330. The van der Waals surface area contributed by atoms with E-state index >= 15 is 0 Å². The van der Waals surface area contributed by atoms with Crippen LogP contribution >= 0.6 is 0 Å². The standard InChI is InChI=1S/C14H28F3N3/c1-5-20-8-6-13(7-9-20,19(3)4)11-18-12(2)10-14(15,16)17/h12,18H,5-11H2,1-4H3/t12-/m0/s1. The number of likely N-dealkylation sites (N-methyl/N-ethyl adjacent to an activating group) is 1. The molecule has 0 saturated carbocycles. The van der Waals surface area contributed by atoms with E-state index < -0.39 is 18.6 Å². The topological polar surface area (TPSA) is 18.5 Å². The Kier molecular flexibility index (Phi) is 6.28. The molecule has 3 nitrogen and oxygen atoms in total. The average molecular weight is 295 g/mol. The highest BCUT2D eigenvalue weighted by Crippen LogP contribution is 2.27. The van der Waals surface area contributed by atoms with Crippen molar-refractivity contribution in [3.63, 3.8) is 0 Å². The molecule has 1 heterocycles. The van der Waals surface area contributed by atoms with Crippen molar-refractivity contribution in [2.45, 2.75) is 50.9 Å². The van der Waals surface area contributed by atoms with Crippen molar-refractivity contribution in [3.05, 3.63) is 0 Å². The summed E-state index contributed by atoms with van der Waals surface area (Å²) < 4.78 is 37.1. The highest BCUT2D eigenvalue weighted by Gasteiger charge is 2.37. The highest BCUT2D eigenvalue weighted by atomic mass is 19.4. The van der Waals surface area contributed by atoms with Crippen molar-refractivity contribution >= 4 is 0 Å². The second-order valence-electron chi connectivity index (χ2n) is 6.15. The van der Waals surface area contributed by atoms with Crippen molar-refractivity contribution in [2.75, 3.05) is 40.3 Å². The fourth-order valence-electron chi connectivity index (χ4n) is 2.85. The van der Waals surface area contributed by atoms with Gasteiger partial charge in [0.05, 0.1) is 6.42 Å². The molecule has 0 bridgehead atoms. The molecule has 1 rings (SSSR count). The van der Waals surface area contributed by atoms with Gasteiger partial charge in [0.15, 0.2) is 0 Å². The van der Waals surface area contributed by atoms with Gasteiger partial charge >= 0.3 is 6.18 Å². The van der Waals surface area contributed by atoms with Crippen LogP contribution < -0.4 is 5.32 Å². The van der Waals surface area contributed by atoms with Gasteiger partial charge in [0.1, 0.15) is 0 Å². The van der Waals surface area contributed by atoms with Gasteiger partial charge in [-0.1, -0.05) is 6.92 Å². The van der Waals surface area contributed by atoms with Crippen LogP contribution in [0.2, 0.25) is 0 Å². The molecular formula is C14H28F3N3. The fourth-order valence-corrected chi connectivity index (χ4v) is 2.85. The molecule has 0 aromatic rings. The lowest BCUT2D eigenvalue weighted by molar-refractivity contribution is -0.139. The van der Waals surface area contributed by atoms with E-state index in [2.05, 4.69) is 22.0 Å². The summed E-state index contributed by atoms with van der Waals surface area (Å²) in [7, 11) is 4.05. The van der Waals surface area contributed by atoms with E-state index in [1.807, 2.05) is 14.1 Å². The minimum Gasteiger partial charge on any atom is -0.312 e. The number of hydrogen-bond donors (Lipinski definition) is 1. The Morgan fingerprint density at radius 3 is 2.20 bits per heavy atom. The Balaban J connectivity index is 2.52. The third kappa shape index (κ3) is 5.22. The lowest BCUT2D eigenvalue weighted by Gasteiger charge is -2.46. The predicted molar refractivity (Wildman–Crippen MR) is 75.9 cm³/mol. The lowest BCUT2D eigenvalue weighted by Crippen LogP contribution is -2.58. The predicted octanol–water partition coefficient (Wildman–Crippen LogP) is 2.33. The minimum absolute atomic E-state index is 0.0223. The average Bonchev–Trinajstić information content (AvgIpc) is 2.34. The maximum absolute atomic E-state index is 12.4. The van der Waals surface area contributed by atoms with Crippen LogP contribution in [0.4, 0.5) is 13.2 Å². The number of alkyl halides is 3. The molecule has 1 N–H and O–H groups in total. The summed E-state index contributed by atoms with van der Waals surface area (Å²) in [5.41, 5.74) is -0.0223. The lowest BCUT2D eigenvalue weighted by atomic mass is 9.85. The number of halogens is 3. The van der Waals surface area contributed by atoms with E-state index in [1.54, 1.807) is 6.92 Å². The first kappa shape index (κ1) is 17.7. The molecule has 0 spiro atoms. The second kappa shape index (κ2) is 7.09. The van der Waals surface area contributed by atoms with Gasteiger partial charge < -0.3 is 15.1 Å². The molecule has 0 aromatic heterocycles. The zero-order valence-corrected chi connectivity index (χ0v) is 13.1. The van der Waals surface area contributed by atoms with Crippen molar-refractivity contribution in [1.29, 1.82) is 0 Å². The van der Waals surface area contributed by atoms with E-state index in [0.717, 1.165) is 32.5 Å². The Labute approximate surface area is 120 Å².